The number of ether oxygens (including phenoxy) is 1. The number of hydrogen-bond donors (Lipinski definition) is 2. The average Bonchev–Trinajstić information content (AvgIpc) is 2.71. The average molecular weight is 421 g/mol. The Labute approximate surface area is 172 Å². The second kappa shape index (κ2) is 9.06. The molecule has 0 fully saturated rings. The van der Waals surface area contributed by atoms with Gasteiger partial charge >= 0.3 is 6.18 Å². The molecule has 0 spiro atoms. The molecule has 1 atom stereocenters. The number of amides is 2. The van der Waals surface area contributed by atoms with E-state index in [4.69, 9.17) is 4.74 Å². The third-order valence-corrected chi connectivity index (χ3v) is 4.54. The number of nitrogens with zero attached hydrogens (tertiary/aromatic N) is 1. The second-order valence-electron chi connectivity index (χ2n) is 6.84. The number of para-hydroxylation sites is 3. The van der Waals surface area contributed by atoms with Crippen molar-refractivity contribution in [2.24, 2.45) is 0 Å². The van der Waals surface area contributed by atoms with Crippen molar-refractivity contribution >= 4 is 23.2 Å². The number of rotatable bonds is 6. The van der Waals surface area contributed by atoms with Crippen LogP contribution in [0.3, 0.4) is 0 Å². The van der Waals surface area contributed by atoms with Gasteiger partial charge in [0.25, 0.3) is 5.91 Å². The standard InChI is InChI=1S/C21H22F3N3O3/c1-2-11-25-20(29)18-12-27(16-9-5-6-10-17(16)30-18)13-19(28)26-15-8-4-3-7-14(15)21(22,23)24/h3-10,18H,2,11-13H2,1H3,(H,25,29)(H,26,28)/t18-/m1/s1. The van der Waals surface area contributed by atoms with Crippen molar-refractivity contribution in [3.05, 3.63) is 54.1 Å². The van der Waals surface area contributed by atoms with Crippen molar-refractivity contribution in [1.29, 1.82) is 0 Å². The molecular weight excluding hydrogens is 399 g/mol. The van der Waals surface area contributed by atoms with Crippen LogP contribution in [0, 0.1) is 0 Å². The van der Waals surface area contributed by atoms with Gasteiger partial charge in [-0.15, -0.1) is 0 Å². The van der Waals surface area contributed by atoms with E-state index in [-0.39, 0.29) is 24.7 Å². The van der Waals surface area contributed by atoms with E-state index in [1.165, 1.54) is 18.2 Å². The highest BCUT2D eigenvalue weighted by atomic mass is 19.4. The lowest BCUT2D eigenvalue weighted by Crippen LogP contribution is -2.50. The summed E-state index contributed by atoms with van der Waals surface area (Å²) in [6.07, 6.45) is -4.65. The summed E-state index contributed by atoms with van der Waals surface area (Å²) < 4.78 is 45.3. The van der Waals surface area contributed by atoms with Gasteiger partial charge in [0.2, 0.25) is 5.91 Å². The fourth-order valence-corrected chi connectivity index (χ4v) is 3.16. The quantitative estimate of drug-likeness (QED) is 0.750. The predicted octanol–water partition coefficient (Wildman–Crippen LogP) is 3.44. The first-order valence-corrected chi connectivity index (χ1v) is 9.54. The molecule has 2 aromatic rings. The SMILES string of the molecule is CCCNC(=O)[C@H]1CN(CC(=O)Nc2ccccc2C(F)(F)F)c2ccccc2O1. The van der Waals surface area contributed by atoms with Crippen LogP contribution in [0.1, 0.15) is 18.9 Å². The third kappa shape index (κ3) is 5.03. The molecular formula is C21H22F3N3O3. The lowest BCUT2D eigenvalue weighted by molar-refractivity contribution is -0.137. The summed E-state index contributed by atoms with van der Waals surface area (Å²) >= 11 is 0. The minimum atomic E-state index is -4.59. The zero-order chi connectivity index (χ0) is 21.7. The van der Waals surface area contributed by atoms with Crippen LogP contribution < -0.4 is 20.3 Å². The van der Waals surface area contributed by atoms with E-state index < -0.39 is 23.8 Å². The molecule has 1 aliphatic rings. The fraction of sp³-hybridized carbons (Fsp3) is 0.333. The highest BCUT2D eigenvalue weighted by Crippen LogP contribution is 2.35. The number of carbonyl (C=O) groups excluding carboxylic acids is 2. The first-order chi connectivity index (χ1) is 14.3. The van der Waals surface area contributed by atoms with Crippen molar-refractivity contribution < 1.29 is 27.5 Å². The Kier molecular flexibility index (Phi) is 6.49. The molecule has 1 aliphatic heterocycles. The van der Waals surface area contributed by atoms with Crippen molar-refractivity contribution in [3.8, 4) is 5.75 Å². The number of halogens is 3. The van der Waals surface area contributed by atoms with Crippen LogP contribution in [0.4, 0.5) is 24.5 Å². The summed E-state index contributed by atoms with van der Waals surface area (Å²) in [7, 11) is 0. The van der Waals surface area contributed by atoms with Crippen LogP contribution in [-0.4, -0.2) is 37.6 Å². The normalized spacial score (nSPS) is 15.7. The smallest absolute Gasteiger partial charge is 0.418 e. The molecule has 0 aromatic heterocycles. The molecule has 2 N–H and O–H groups in total. The van der Waals surface area contributed by atoms with Gasteiger partial charge in [0.05, 0.1) is 30.0 Å². The van der Waals surface area contributed by atoms with Gasteiger partial charge in [-0.1, -0.05) is 31.2 Å². The first-order valence-electron chi connectivity index (χ1n) is 9.54. The number of benzene rings is 2. The van der Waals surface area contributed by atoms with Crippen molar-refractivity contribution in [2.75, 3.05) is 29.9 Å². The van der Waals surface area contributed by atoms with Crippen molar-refractivity contribution in [3.63, 3.8) is 0 Å². The van der Waals surface area contributed by atoms with Gasteiger partial charge in [0.15, 0.2) is 6.10 Å². The van der Waals surface area contributed by atoms with Crippen LogP contribution in [-0.2, 0) is 15.8 Å². The van der Waals surface area contributed by atoms with Crippen LogP contribution in [0.2, 0.25) is 0 Å². The van der Waals surface area contributed by atoms with E-state index in [0.29, 0.717) is 18.0 Å². The molecule has 30 heavy (non-hydrogen) atoms. The highest BCUT2D eigenvalue weighted by Gasteiger charge is 2.34. The van der Waals surface area contributed by atoms with E-state index in [1.807, 2.05) is 6.92 Å². The Morgan fingerprint density at radius 1 is 1.13 bits per heavy atom. The minimum Gasteiger partial charge on any atom is -0.477 e. The Morgan fingerprint density at radius 3 is 2.57 bits per heavy atom. The molecule has 160 valence electrons. The molecule has 0 bridgehead atoms. The van der Waals surface area contributed by atoms with Gasteiger partial charge in [0.1, 0.15) is 5.75 Å². The monoisotopic (exact) mass is 421 g/mol. The lowest BCUT2D eigenvalue weighted by atomic mass is 10.1. The third-order valence-electron chi connectivity index (χ3n) is 4.54. The van der Waals surface area contributed by atoms with E-state index >= 15 is 0 Å². The minimum absolute atomic E-state index is 0.0981. The van der Waals surface area contributed by atoms with E-state index in [1.54, 1.807) is 29.2 Å². The largest absolute Gasteiger partial charge is 0.477 e. The Balaban J connectivity index is 1.76. The number of alkyl halides is 3. The maximum Gasteiger partial charge on any atom is 0.418 e. The topological polar surface area (TPSA) is 70.7 Å². The molecule has 3 rings (SSSR count). The lowest BCUT2D eigenvalue weighted by Gasteiger charge is -2.35. The van der Waals surface area contributed by atoms with Crippen molar-refractivity contribution in [2.45, 2.75) is 25.6 Å². The molecule has 0 radical (unpaired) electrons. The van der Waals surface area contributed by atoms with Crippen LogP contribution in [0.15, 0.2) is 48.5 Å². The number of fused-ring (bicyclic) bond motifs is 1. The number of nitrogens with one attached hydrogen (secondary N) is 2. The number of anilines is 2. The van der Waals surface area contributed by atoms with Crippen LogP contribution in [0.25, 0.3) is 0 Å². The summed E-state index contributed by atoms with van der Waals surface area (Å²) in [5.41, 5.74) is -0.636. The van der Waals surface area contributed by atoms with Gasteiger partial charge < -0.3 is 20.3 Å². The van der Waals surface area contributed by atoms with Gasteiger partial charge in [-0.25, -0.2) is 0 Å². The molecule has 0 aliphatic carbocycles. The van der Waals surface area contributed by atoms with Gasteiger partial charge in [0, 0.05) is 6.54 Å². The summed E-state index contributed by atoms with van der Waals surface area (Å²) in [5.74, 6) is -0.501. The first kappa shape index (κ1) is 21.5. The summed E-state index contributed by atoms with van der Waals surface area (Å²) in [6, 6.07) is 11.7. The Morgan fingerprint density at radius 2 is 1.83 bits per heavy atom. The fourth-order valence-electron chi connectivity index (χ4n) is 3.16. The predicted molar refractivity (Wildman–Crippen MR) is 106 cm³/mol. The highest BCUT2D eigenvalue weighted by molar-refractivity contribution is 5.95. The molecule has 0 unspecified atom stereocenters. The zero-order valence-corrected chi connectivity index (χ0v) is 16.3. The molecule has 0 saturated carbocycles. The van der Waals surface area contributed by atoms with E-state index in [9.17, 15) is 22.8 Å². The van der Waals surface area contributed by atoms with Gasteiger partial charge in [-0.3, -0.25) is 9.59 Å². The Hall–Kier alpha value is -3.23. The molecule has 0 saturated heterocycles. The Bertz CT molecular complexity index is 918. The molecule has 9 heteroatoms. The second-order valence-corrected chi connectivity index (χ2v) is 6.84. The maximum absolute atomic E-state index is 13.2. The molecule has 2 amide bonds. The van der Waals surface area contributed by atoms with Crippen molar-refractivity contribution in [1.82, 2.24) is 5.32 Å². The summed E-state index contributed by atoms with van der Waals surface area (Å²) in [4.78, 5) is 26.5. The maximum atomic E-state index is 13.2. The number of carbonyl (C=O) groups is 2. The van der Waals surface area contributed by atoms with E-state index in [0.717, 1.165) is 12.5 Å². The van der Waals surface area contributed by atoms with Gasteiger partial charge in [-0.2, -0.15) is 13.2 Å². The van der Waals surface area contributed by atoms with Gasteiger partial charge in [-0.05, 0) is 30.7 Å². The molecule has 1 heterocycles. The summed E-state index contributed by atoms with van der Waals surface area (Å²) in [5, 5.41) is 5.09. The van der Waals surface area contributed by atoms with E-state index in [2.05, 4.69) is 10.6 Å². The zero-order valence-electron chi connectivity index (χ0n) is 16.3. The van der Waals surface area contributed by atoms with Crippen LogP contribution in [0.5, 0.6) is 5.75 Å². The molecule has 2 aromatic carbocycles. The molecule has 6 nitrogen and oxygen atoms in total. The number of hydrogen-bond acceptors (Lipinski definition) is 4. The van der Waals surface area contributed by atoms with Crippen LogP contribution >= 0.6 is 0 Å². The summed E-state index contributed by atoms with van der Waals surface area (Å²) in [6.45, 7) is 2.28.